The lowest BCUT2D eigenvalue weighted by atomic mass is 10.2. The molecule has 0 amide bonds. The maximum absolute atomic E-state index is 8.87. The fourth-order valence-electron chi connectivity index (χ4n) is 0.653. The van der Waals surface area contributed by atoms with Crippen molar-refractivity contribution in [3.63, 3.8) is 0 Å². The van der Waals surface area contributed by atoms with E-state index in [-0.39, 0.29) is 13.2 Å². The third-order valence-electron chi connectivity index (χ3n) is 1.26. The van der Waals surface area contributed by atoms with E-state index in [0.717, 1.165) is 0 Å². The molecule has 0 saturated heterocycles. The summed E-state index contributed by atoms with van der Waals surface area (Å²) in [5, 5.41) is 17.3. The lowest BCUT2D eigenvalue weighted by Gasteiger charge is -2.05. The Hall–Kier alpha value is -0.380. The molecule has 12 heavy (non-hydrogen) atoms. The van der Waals surface area contributed by atoms with Gasteiger partial charge in [0.05, 0.1) is 19.8 Å². The Morgan fingerprint density at radius 1 is 1.42 bits per heavy atom. The minimum atomic E-state index is -0.752. The number of hydrogen-bond donors (Lipinski definition) is 2. The SMILES string of the molecule is CC(C)/C=C/COCC(O)CO. The van der Waals surface area contributed by atoms with Gasteiger partial charge >= 0.3 is 0 Å². The molecule has 3 heteroatoms. The number of aliphatic hydroxyl groups is 2. The molecule has 0 aromatic heterocycles. The number of aliphatic hydroxyl groups excluding tert-OH is 2. The minimum absolute atomic E-state index is 0.193. The molecule has 0 aliphatic heterocycles. The lowest BCUT2D eigenvalue weighted by Crippen LogP contribution is -2.19. The predicted molar refractivity (Wildman–Crippen MR) is 47.9 cm³/mol. The van der Waals surface area contributed by atoms with Crippen molar-refractivity contribution in [1.82, 2.24) is 0 Å². The highest BCUT2D eigenvalue weighted by molar-refractivity contribution is 4.84. The molecule has 0 saturated carbocycles. The highest BCUT2D eigenvalue weighted by Crippen LogP contribution is 1.93. The molecule has 2 N–H and O–H groups in total. The fourth-order valence-corrected chi connectivity index (χ4v) is 0.653. The van der Waals surface area contributed by atoms with Crippen LogP contribution in [-0.4, -0.2) is 36.1 Å². The van der Waals surface area contributed by atoms with Gasteiger partial charge in [0, 0.05) is 0 Å². The van der Waals surface area contributed by atoms with E-state index < -0.39 is 6.10 Å². The molecule has 3 nitrogen and oxygen atoms in total. The first-order chi connectivity index (χ1) is 5.66. The van der Waals surface area contributed by atoms with Gasteiger partial charge in [-0.15, -0.1) is 0 Å². The summed E-state index contributed by atoms with van der Waals surface area (Å²) in [6.45, 7) is 4.61. The van der Waals surface area contributed by atoms with Crippen LogP contribution in [0.3, 0.4) is 0 Å². The molecule has 0 radical (unpaired) electrons. The van der Waals surface area contributed by atoms with E-state index >= 15 is 0 Å². The van der Waals surface area contributed by atoms with E-state index in [0.29, 0.717) is 12.5 Å². The zero-order valence-electron chi connectivity index (χ0n) is 7.73. The average Bonchev–Trinajstić information content (AvgIpc) is 2.03. The van der Waals surface area contributed by atoms with Gasteiger partial charge in [-0.25, -0.2) is 0 Å². The summed E-state index contributed by atoms with van der Waals surface area (Å²) < 4.78 is 5.04. The summed E-state index contributed by atoms with van der Waals surface area (Å²) >= 11 is 0. The van der Waals surface area contributed by atoms with Crippen molar-refractivity contribution in [1.29, 1.82) is 0 Å². The van der Waals surface area contributed by atoms with Crippen LogP contribution in [0.25, 0.3) is 0 Å². The maximum Gasteiger partial charge on any atom is 0.100 e. The summed E-state index contributed by atoms with van der Waals surface area (Å²) in [5.41, 5.74) is 0. The molecule has 0 aromatic carbocycles. The first-order valence-corrected chi connectivity index (χ1v) is 4.20. The molecule has 0 bridgehead atoms. The molecule has 1 unspecified atom stereocenters. The van der Waals surface area contributed by atoms with Crippen LogP contribution in [0.1, 0.15) is 13.8 Å². The second kappa shape index (κ2) is 7.28. The Bertz CT molecular complexity index is 121. The van der Waals surface area contributed by atoms with Crippen LogP contribution >= 0.6 is 0 Å². The summed E-state index contributed by atoms with van der Waals surface area (Å²) in [7, 11) is 0. The van der Waals surface area contributed by atoms with Crippen LogP contribution < -0.4 is 0 Å². The van der Waals surface area contributed by atoms with E-state index in [1.165, 1.54) is 0 Å². The van der Waals surface area contributed by atoms with E-state index in [2.05, 4.69) is 13.8 Å². The highest BCUT2D eigenvalue weighted by atomic mass is 16.5. The number of allylic oxidation sites excluding steroid dienone is 1. The highest BCUT2D eigenvalue weighted by Gasteiger charge is 1.99. The van der Waals surface area contributed by atoms with Crippen LogP contribution in [0.15, 0.2) is 12.2 Å². The van der Waals surface area contributed by atoms with Crippen LogP contribution in [0.2, 0.25) is 0 Å². The topological polar surface area (TPSA) is 49.7 Å². The molecule has 1 atom stereocenters. The van der Waals surface area contributed by atoms with E-state index in [1.54, 1.807) is 0 Å². The fraction of sp³-hybridized carbons (Fsp3) is 0.778. The van der Waals surface area contributed by atoms with Crippen LogP contribution in [0.4, 0.5) is 0 Å². The monoisotopic (exact) mass is 174 g/mol. The number of hydrogen-bond acceptors (Lipinski definition) is 3. The van der Waals surface area contributed by atoms with Gasteiger partial charge in [-0.05, 0) is 5.92 Å². The largest absolute Gasteiger partial charge is 0.394 e. The summed E-state index contributed by atoms with van der Waals surface area (Å²) in [6, 6.07) is 0. The predicted octanol–water partition coefficient (Wildman–Crippen LogP) is 0.568. The zero-order valence-corrected chi connectivity index (χ0v) is 7.73. The summed E-state index contributed by atoms with van der Waals surface area (Å²) in [5.74, 6) is 0.524. The Balaban J connectivity index is 3.21. The van der Waals surface area contributed by atoms with Gasteiger partial charge in [-0.2, -0.15) is 0 Å². The van der Waals surface area contributed by atoms with Crippen molar-refractivity contribution in [3.8, 4) is 0 Å². The molecule has 0 fully saturated rings. The van der Waals surface area contributed by atoms with Crippen molar-refractivity contribution in [3.05, 3.63) is 12.2 Å². The normalized spacial score (nSPS) is 14.4. The van der Waals surface area contributed by atoms with Crippen molar-refractivity contribution in [2.24, 2.45) is 5.92 Å². The molecule has 0 aliphatic carbocycles. The summed E-state index contributed by atoms with van der Waals surface area (Å²) in [6.07, 6.45) is 3.19. The molecule has 0 spiro atoms. The average molecular weight is 174 g/mol. The second-order valence-electron chi connectivity index (χ2n) is 3.05. The van der Waals surface area contributed by atoms with E-state index in [1.807, 2.05) is 12.2 Å². The second-order valence-corrected chi connectivity index (χ2v) is 3.05. The third kappa shape index (κ3) is 7.72. The van der Waals surface area contributed by atoms with Gasteiger partial charge in [0.2, 0.25) is 0 Å². The Labute approximate surface area is 73.7 Å². The zero-order chi connectivity index (χ0) is 9.40. The van der Waals surface area contributed by atoms with E-state index in [4.69, 9.17) is 14.9 Å². The molecular formula is C9H18O3. The molecule has 0 aromatic rings. The maximum atomic E-state index is 8.87. The van der Waals surface area contributed by atoms with Crippen molar-refractivity contribution < 1.29 is 14.9 Å². The van der Waals surface area contributed by atoms with Gasteiger partial charge in [0.1, 0.15) is 6.10 Å². The van der Waals surface area contributed by atoms with Gasteiger partial charge in [-0.1, -0.05) is 26.0 Å². The quantitative estimate of drug-likeness (QED) is 0.457. The Morgan fingerprint density at radius 3 is 2.58 bits per heavy atom. The van der Waals surface area contributed by atoms with Gasteiger partial charge in [-0.3, -0.25) is 0 Å². The van der Waals surface area contributed by atoms with Crippen molar-refractivity contribution in [2.75, 3.05) is 19.8 Å². The van der Waals surface area contributed by atoms with Crippen molar-refractivity contribution >= 4 is 0 Å². The molecule has 0 rings (SSSR count). The Morgan fingerprint density at radius 2 is 2.08 bits per heavy atom. The molecule has 72 valence electrons. The van der Waals surface area contributed by atoms with Gasteiger partial charge in [0.25, 0.3) is 0 Å². The lowest BCUT2D eigenvalue weighted by molar-refractivity contribution is 0.0149. The van der Waals surface area contributed by atoms with Crippen LogP contribution in [0, 0.1) is 5.92 Å². The summed E-state index contributed by atoms with van der Waals surface area (Å²) in [4.78, 5) is 0. The van der Waals surface area contributed by atoms with Crippen LogP contribution in [0.5, 0.6) is 0 Å². The number of ether oxygens (including phenoxy) is 1. The molecule has 0 heterocycles. The number of rotatable bonds is 6. The molecule has 0 aliphatic rings. The smallest absolute Gasteiger partial charge is 0.100 e. The Kier molecular flexibility index (Phi) is 7.05. The third-order valence-corrected chi connectivity index (χ3v) is 1.26. The minimum Gasteiger partial charge on any atom is -0.394 e. The van der Waals surface area contributed by atoms with Gasteiger partial charge in [0.15, 0.2) is 0 Å². The van der Waals surface area contributed by atoms with Crippen LogP contribution in [-0.2, 0) is 4.74 Å². The van der Waals surface area contributed by atoms with E-state index in [9.17, 15) is 0 Å². The standard InChI is InChI=1S/C9H18O3/c1-8(2)4-3-5-12-7-9(11)6-10/h3-4,8-11H,5-7H2,1-2H3/b4-3+. The molecular weight excluding hydrogens is 156 g/mol. The first kappa shape index (κ1) is 11.6. The van der Waals surface area contributed by atoms with Crippen molar-refractivity contribution in [2.45, 2.75) is 20.0 Å². The van der Waals surface area contributed by atoms with Gasteiger partial charge < -0.3 is 14.9 Å². The first-order valence-electron chi connectivity index (χ1n) is 4.20.